The Bertz CT molecular complexity index is 299. The van der Waals surface area contributed by atoms with Gasteiger partial charge in [0.2, 0.25) is 0 Å². The van der Waals surface area contributed by atoms with E-state index in [2.05, 4.69) is 37.5 Å². The van der Waals surface area contributed by atoms with E-state index in [1.165, 1.54) is 0 Å². The maximum atomic E-state index is 9.84. The van der Waals surface area contributed by atoms with Gasteiger partial charge in [-0.1, -0.05) is 0 Å². The van der Waals surface area contributed by atoms with E-state index >= 15 is 0 Å². The zero-order chi connectivity index (χ0) is 14.8. The van der Waals surface area contributed by atoms with Crippen molar-refractivity contribution in [3.05, 3.63) is 0 Å². The van der Waals surface area contributed by atoms with Crippen LogP contribution in [0.4, 0.5) is 0 Å². The number of hydrogen-bond donors (Lipinski definition) is 1. The summed E-state index contributed by atoms with van der Waals surface area (Å²) in [5.74, 6) is 0. The first-order valence-corrected chi connectivity index (χ1v) is 8.23. The molecule has 1 N–H and O–H groups in total. The van der Waals surface area contributed by atoms with E-state index in [4.69, 9.17) is 4.74 Å². The minimum absolute atomic E-state index is 0.186. The summed E-state index contributed by atoms with van der Waals surface area (Å²) < 4.78 is 6.38. The number of piperidine rings is 2. The van der Waals surface area contributed by atoms with Gasteiger partial charge in [0.25, 0.3) is 0 Å². The van der Waals surface area contributed by atoms with Crippen molar-refractivity contribution in [3.8, 4) is 0 Å². The molecular formula is C16H32N2O2. The first-order chi connectivity index (χ1) is 9.38. The number of aliphatic hydroxyl groups is 1. The summed E-state index contributed by atoms with van der Waals surface area (Å²) in [6, 6.07) is 0.640. The van der Waals surface area contributed by atoms with E-state index < -0.39 is 0 Å². The molecule has 2 heterocycles. The largest absolute Gasteiger partial charge is 0.392 e. The molecular weight excluding hydrogens is 252 g/mol. The zero-order valence-corrected chi connectivity index (χ0v) is 13.6. The molecule has 2 fully saturated rings. The highest BCUT2D eigenvalue weighted by atomic mass is 16.5. The molecule has 0 bridgehead atoms. The van der Waals surface area contributed by atoms with Gasteiger partial charge in [0, 0.05) is 32.2 Å². The number of aliphatic hydroxyl groups excluding tert-OH is 1. The first-order valence-electron chi connectivity index (χ1n) is 8.23. The molecule has 2 aliphatic rings. The van der Waals surface area contributed by atoms with E-state index in [1.807, 2.05) is 0 Å². The van der Waals surface area contributed by atoms with Crippen molar-refractivity contribution >= 4 is 0 Å². The Morgan fingerprint density at radius 2 is 1.75 bits per heavy atom. The van der Waals surface area contributed by atoms with E-state index in [1.54, 1.807) is 0 Å². The Balaban J connectivity index is 1.83. The first kappa shape index (κ1) is 16.2. The quantitative estimate of drug-likeness (QED) is 0.857. The van der Waals surface area contributed by atoms with E-state index in [0.29, 0.717) is 12.1 Å². The maximum Gasteiger partial charge on any atom is 0.116 e. The summed E-state index contributed by atoms with van der Waals surface area (Å²) in [4.78, 5) is 4.83. The van der Waals surface area contributed by atoms with Crippen molar-refractivity contribution < 1.29 is 9.84 Å². The summed E-state index contributed by atoms with van der Waals surface area (Å²) in [5, 5.41) is 9.84. The van der Waals surface area contributed by atoms with Crippen molar-refractivity contribution in [2.45, 2.75) is 77.4 Å². The van der Waals surface area contributed by atoms with Crippen LogP contribution >= 0.6 is 0 Å². The molecule has 20 heavy (non-hydrogen) atoms. The molecule has 0 aromatic rings. The van der Waals surface area contributed by atoms with Crippen LogP contribution in [0.3, 0.4) is 0 Å². The molecule has 2 rings (SSSR count). The van der Waals surface area contributed by atoms with Gasteiger partial charge in [0.1, 0.15) is 5.72 Å². The molecule has 2 aliphatic heterocycles. The van der Waals surface area contributed by atoms with Gasteiger partial charge in [-0.25, -0.2) is 0 Å². The third-order valence-electron chi connectivity index (χ3n) is 4.82. The molecule has 0 saturated carbocycles. The Morgan fingerprint density at radius 3 is 2.30 bits per heavy atom. The van der Waals surface area contributed by atoms with Crippen LogP contribution in [-0.4, -0.2) is 65.1 Å². The van der Waals surface area contributed by atoms with Gasteiger partial charge in [-0.05, 0) is 53.4 Å². The fourth-order valence-electron chi connectivity index (χ4n) is 3.44. The topological polar surface area (TPSA) is 35.9 Å². The van der Waals surface area contributed by atoms with Crippen molar-refractivity contribution in [2.75, 3.05) is 26.2 Å². The summed E-state index contributed by atoms with van der Waals surface area (Å²) in [6.45, 7) is 12.9. The molecule has 2 saturated heterocycles. The monoisotopic (exact) mass is 284 g/mol. The lowest BCUT2D eigenvalue weighted by Crippen LogP contribution is -2.54. The lowest BCUT2D eigenvalue weighted by Gasteiger charge is -2.45. The number of nitrogens with zero attached hydrogens (tertiary/aromatic N) is 2. The summed E-state index contributed by atoms with van der Waals surface area (Å²) in [6.07, 6.45) is 4.42. The average Bonchev–Trinajstić information content (AvgIpc) is 2.39. The maximum absolute atomic E-state index is 9.84. The van der Waals surface area contributed by atoms with E-state index in [-0.39, 0.29) is 11.8 Å². The van der Waals surface area contributed by atoms with Gasteiger partial charge in [0.05, 0.1) is 12.2 Å². The molecule has 0 amide bonds. The Kier molecular flexibility index (Phi) is 5.46. The van der Waals surface area contributed by atoms with Crippen molar-refractivity contribution in [2.24, 2.45) is 0 Å². The number of ether oxygens (including phenoxy) is 1. The Morgan fingerprint density at radius 1 is 1.10 bits per heavy atom. The van der Waals surface area contributed by atoms with E-state index in [9.17, 15) is 5.11 Å². The second kappa shape index (κ2) is 6.73. The predicted molar refractivity (Wildman–Crippen MR) is 81.7 cm³/mol. The standard InChI is InChI=1S/C16H32N2O2/c1-13(2)17-10-7-15(8-11-17)20-16(3,4)18-9-5-6-14(19)12-18/h13-15,19H,5-12H2,1-4H3/t14-/m1/s1. The molecule has 0 spiro atoms. The van der Waals surface area contributed by atoms with Crippen molar-refractivity contribution in [3.63, 3.8) is 0 Å². The van der Waals surface area contributed by atoms with E-state index in [0.717, 1.165) is 51.9 Å². The van der Waals surface area contributed by atoms with Crippen LogP contribution in [0.15, 0.2) is 0 Å². The van der Waals surface area contributed by atoms with Crippen LogP contribution in [-0.2, 0) is 4.74 Å². The lowest BCUT2D eigenvalue weighted by atomic mass is 10.0. The van der Waals surface area contributed by atoms with Crippen LogP contribution in [0.25, 0.3) is 0 Å². The molecule has 0 aliphatic carbocycles. The molecule has 0 aromatic carbocycles. The third-order valence-corrected chi connectivity index (χ3v) is 4.82. The van der Waals surface area contributed by atoms with Gasteiger partial charge in [0.15, 0.2) is 0 Å². The Hall–Kier alpha value is -0.160. The van der Waals surface area contributed by atoms with Gasteiger partial charge >= 0.3 is 0 Å². The lowest BCUT2D eigenvalue weighted by molar-refractivity contribution is -0.188. The van der Waals surface area contributed by atoms with Gasteiger partial charge in [-0.15, -0.1) is 0 Å². The summed E-state index contributed by atoms with van der Waals surface area (Å²) >= 11 is 0. The second-order valence-corrected chi connectivity index (χ2v) is 7.14. The predicted octanol–water partition coefficient (Wildman–Crippen LogP) is 2.07. The number of likely N-dealkylation sites (tertiary alicyclic amines) is 2. The minimum Gasteiger partial charge on any atom is -0.392 e. The summed E-state index contributed by atoms with van der Waals surface area (Å²) in [7, 11) is 0. The number of rotatable bonds is 4. The van der Waals surface area contributed by atoms with Crippen molar-refractivity contribution in [1.29, 1.82) is 0 Å². The van der Waals surface area contributed by atoms with Crippen LogP contribution in [0, 0.1) is 0 Å². The molecule has 118 valence electrons. The summed E-state index contributed by atoms with van der Waals surface area (Å²) in [5.41, 5.74) is -0.258. The van der Waals surface area contributed by atoms with Crippen LogP contribution in [0.1, 0.15) is 53.4 Å². The number of β-amino-alcohol motifs (C(OH)–C–C–N with tert-alkyl or cyclic N) is 1. The Labute approximate surface area is 124 Å². The third kappa shape index (κ3) is 4.17. The molecule has 0 unspecified atom stereocenters. The minimum atomic E-state index is -0.258. The smallest absolute Gasteiger partial charge is 0.116 e. The van der Waals surface area contributed by atoms with Gasteiger partial charge in [-0.3, -0.25) is 4.90 Å². The number of hydrogen-bond acceptors (Lipinski definition) is 4. The zero-order valence-electron chi connectivity index (χ0n) is 13.6. The highest BCUT2D eigenvalue weighted by Gasteiger charge is 2.34. The van der Waals surface area contributed by atoms with Crippen LogP contribution in [0.2, 0.25) is 0 Å². The fraction of sp³-hybridized carbons (Fsp3) is 1.00. The van der Waals surface area contributed by atoms with Crippen molar-refractivity contribution in [1.82, 2.24) is 9.80 Å². The van der Waals surface area contributed by atoms with Gasteiger partial charge < -0.3 is 14.7 Å². The normalized spacial score (nSPS) is 28.2. The highest BCUT2D eigenvalue weighted by Crippen LogP contribution is 2.27. The van der Waals surface area contributed by atoms with Crippen LogP contribution in [0.5, 0.6) is 0 Å². The van der Waals surface area contributed by atoms with Crippen LogP contribution < -0.4 is 0 Å². The molecule has 0 aromatic heterocycles. The molecule has 4 heteroatoms. The molecule has 0 radical (unpaired) electrons. The molecule has 4 nitrogen and oxygen atoms in total. The average molecular weight is 284 g/mol. The highest BCUT2D eigenvalue weighted by molar-refractivity contribution is 4.82. The fourth-order valence-corrected chi connectivity index (χ4v) is 3.44. The van der Waals surface area contributed by atoms with Gasteiger partial charge in [-0.2, -0.15) is 0 Å². The molecule has 1 atom stereocenters. The SMILES string of the molecule is CC(C)N1CCC(OC(C)(C)N2CCC[C@@H](O)C2)CC1. The second-order valence-electron chi connectivity index (χ2n) is 7.14.